The van der Waals surface area contributed by atoms with Crippen LogP contribution in [0.25, 0.3) is 5.69 Å². The number of nitrogens with zero attached hydrogens (tertiary/aromatic N) is 3. The predicted molar refractivity (Wildman–Crippen MR) is 115 cm³/mol. The van der Waals surface area contributed by atoms with E-state index in [0.717, 1.165) is 27.9 Å². The van der Waals surface area contributed by atoms with Crippen molar-refractivity contribution >= 4 is 33.8 Å². The molecule has 2 rings (SSSR count). The van der Waals surface area contributed by atoms with Gasteiger partial charge in [0, 0.05) is 27.2 Å². The summed E-state index contributed by atoms with van der Waals surface area (Å²) in [6.07, 6.45) is -5.07. The summed E-state index contributed by atoms with van der Waals surface area (Å²) in [5.41, 5.74) is -8.65. The van der Waals surface area contributed by atoms with Crippen molar-refractivity contribution < 1.29 is 44.5 Å². The Kier molecular flexibility index (Phi) is 7.78. The molecule has 1 aromatic heterocycles. The molecule has 1 heterocycles. The van der Waals surface area contributed by atoms with Gasteiger partial charge in [-0.05, 0) is 26.0 Å². The normalized spacial score (nSPS) is 12.5. The van der Waals surface area contributed by atoms with Gasteiger partial charge >= 0.3 is 34.1 Å². The minimum absolute atomic E-state index is 0.0285. The molecule has 0 radical (unpaired) electrons. The van der Waals surface area contributed by atoms with Crippen molar-refractivity contribution in [3.05, 3.63) is 61.1 Å². The van der Waals surface area contributed by atoms with Crippen LogP contribution in [0.15, 0.2) is 27.8 Å². The Labute approximate surface area is 205 Å². The lowest BCUT2D eigenvalue weighted by molar-refractivity contribution is -0.152. The zero-order valence-corrected chi connectivity index (χ0v) is 20.7. The lowest BCUT2D eigenvalue weighted by atomic mass is 10.1. The number of carbonyl (C=O) groups is 2. The minimum atomic E-state index is -5.07. The van der Waals surface area contributed by atoms with Crippen molar-refractivity contribution in [1.29, 1.82) is 0 Å². The Morgan fingerprint density at radius 3 is 2.14 bits per heavy atom. The average Bonchev–Trinajstić information content (AvgIpc) is 2.70. The fraction of sp³-hybridized carbons (Fsp3) is 0.368. The van der Waals surface area contributed by atoms with Gasteiger partial charge in [0.1, 0.15) is 11.5 Å². The van der Waals surface area contributed by atoms with Gasteiger partial charge in [0.2, 0.25) is 5.60 Å². The van der Waals surface area contributed by atoms with Gasteiger partial charge in [-0.1, -0.05) is 11.6 Å². The number of halogens is 5. The van der Waals surface area contributed by atoms with Crippen LogP contribution >= 0.6 is 11.6 Å². The zero-order chi connectivity index (χ0) is 28.0. The third-order valence-corrected chi connectivity index (χ3v) is 6.14. The number of alkyl halides is 3. The van der Waals surface area contributed by atoms with Crippen LogP contribution in [-0.2, 0) is 37.2 Å². The molecule has 2 aromatic rings. The highest BCUT2D eigenvalue weighted by molar-refractivity contribution is 7.84. The van der Waals surface area contributed by atoms with E-state index >= 15 is 0 Å². The van der Waals surface area contributed by atoms with Crippen LogP contribution in [0.5, 0.6) is 0 Å². The number of hydrogen-bond acceptors (Lipinski definition) is 8. The summed E-state index contributed by atoms with van der Waals surface area (Å²) in [7, 11) is -1.68. The maximum atomic E-state index is 14.6. The number of hydrogen-bond donors (Lipinski definition) is 0. The van der Waals surface area contributed by atoms with E-state index in [1.165, 1.54) is 0 Å². The molecular formula is C19H18ClF4N3O8S. The van der Waals surface area contributed by atoms with Crippen molar-refractivity contribution in [2.45, 2.75) is 25.6 Å². The summed E-state index contributed by atoms with van der Waals surface area (Å²) in [6, 6.07) is 1.09. The highest BCUT2D eigenvalue weighted by atomic mass is 35.5. The van der Waals surface area contributed by atoms with Gasteiger partial charge in [-0.25, -0.2) is 23.3 Å². The fourth-order valence-corrected chi connectivity index (χ4v) is 3.35. The topological polar surface area (TPSA) is 134 Å². The van der Waals surface area contributed by atoms with Crippen molar-refractivity contribution in [2.24, 2.45) is 7.05 Å². The Morgan fingerprint density at radius 1 is 1.08 bits per heavy atom. The quantitative estimate of drug-likeness (QED) is 0.385. The summed E-state index contributed by atoms with van der Waals surface area (Å²) in [4.78, 5) is 49.7. The lowest BCUT2D eigenvalue weighted by Gasteiger charge is -2.24. The average molecular weight is 560 g/mol. The van der Waals surface area contributed by atoms with Crippen molar-refractivity contribution in [3.8, 4) is 5.69 Å². The van der Waals surface area contributed by atoms with Crippen LogP contribution in [0, 0.1) is 5.82 Å². The largest absolute Gasteiger partial charge is 0.444 e. The molecule has 0 unspecified atom stereocenters. The minimum Gasteiger partial charge on any atom is -0.444 e. The Bertz CT molecular complexity index is 1460. The molecule has 0 aliphatic rings. The van der Waals surface area contributed by atoms with Gasteiger partial charge in [0.05, 0.1) is 16.3 Å². The molecule has 0 atom stereocenters. The van der Waals surface area contributed by atoms with E-state index in [1.807, 2.05) is 0 Å². The van der Waals surface area contributed by atoms with E-state index in [0.29, 0.717) is 23.5 Å². The van der Waals surface area contributed by atoms with E-state index in [4.69, 9.17) is 16.3 Å². The molecule has 17 heteroatoms. The third-order valence-electron chi connectivity index (χ3n) is 4.58. The number of ether oxygens (including phenoxy) is 1. The number of carbonyl (C=O) groups excluding carboxylic acids is 2. The zero-order valence-electron chi connectivity index (χ0n) is 19.1. The van der Waals surface area contributed by atoms with Crippen LogP contribution in [0.4, 0.5) is 17.6 Å². The van der Waals surface area contributed by atoms with Crippen molar-refractivity contribution in [2.75, 3.05) is 14.1 Å². The van der Waals surface area contributed by atoms with Crippen molar-refractivity contribution in [1.82, 2.24) is 13.4 Å². The van der Waals surface area contributed by atoms with Crippen molar-refractivity contribution in [3.63, 3.8) is 0 Å². The van der Waals surface area contributed by atoms with E-state index < -0.39 is 73.1 Å². The third kappa shape index (κ3) is 5.76. The molecule has 0 N–H and O–H groups in total. The van der Waals surface area contributed by atoms with E-state index in [9.17, 15) is 45.2 Å². The molecule has 0 saturated heterocycles. The Balaban J connectivity index is 2.56. The molecule has 0 aliphatic carbocycles. The lowest BCUT2D eigenvalue weighted by Crippen LogP contribution is -2.42. The van der Waals surface area contributed by atoms with Gasteiger partial charge < -0.3 is 8.92 Å². The molecule has 1 aromatic carbocycles. The van der Waals surface area contributed by atoms with Crippen LogP contribution in [0.2, 0.25) is 5.02 Å². The van der Waals surface area contributed by atoms with E-state index in [1.54, 1.807) is 0 Å². The van der Waals surface area contributed by atoms with Crippen LogP contribution < -0.4 is 11.2 Å². The number of benzene rings is 1. The molecule has 11 nitrogen and oxygen atoms in total. The molecule has 0 saturated carbocycles. The summed E-state index contributed by atoms with van der Waals surface area (Å²) >= 11 is 5.86. The molecule has 0 bridgehead atoms. The van der Waals surface area contributed by atoms with Gasteiger partial charge in [0.25, 0.3) is 5.56 Å². The second-order valence-electron chi connectivity index (χ2n) is 7.84. The maximum absolute atomic E-state index is 14.6. The Morgan fingerprint density at radius 2 is 1.64 bits per heavy atom. The Hall–Kier alpha value is -3.24. The first-order chi connectivity index (χ1) is 16.2. The first-order valence-corrected chi connectivity index (χ1v) is 11.2. The molecule has 36 heavy (non-hydrogen) atoms. The van der Waals surface area contributed by atoms with Crippen LogP contribution in [0.1, 0.15) is 29.9 Å². The summed E-state index contributed by atoms with van der Waals surface area (Å²) in [5, 5.41) is -0.622. The summed E-state index contributed by atoms with van der Waals surface area (Å²) in [6.45, 7) is 1.93. The standard InChI is InChI=1S/C19H18ClF4N3O8S/c1-18(2,16(30)35-36(32,33)25(3)4)34-15(29)9-6-12(11(21)7-10(9)20)27-14(28)8-13(19(22,23)24)26(5)17(27)31/h6-8H,1-5H3. The highest BCUT2D eigenvalue weighted by Crippen LogP contribution is 2.28. The monoisotopic (exact) mass is 559 g/mol. The maximum Gasteiger partial charge on any atom is 0.431 e. The van der Waals surface area contributed by atoms with Gasteiger partial charge in [0.15, 0.2) is 0 Å². The van der Waals surface area contributed by atoms with Gasteiger partial charge in [-0.2, -0.15) is 25.9 Å². The van der Waals surface area contributed by atoms with E-state index in [-0.39, 0.29) is 15.2 Å². The molecule has 0 aliphatic heterocycles. The second kappa shape index (κ2) is 9.67. The van der Waals surface area contributed by atoms with E-state index in [2.05, 4.69) is 4.18 Å². The molecule has 0 fully saturated rings. The molecule has 0 amide bonds. The molecule has 198 valence electrons. The number of esters is 1. The molecular weight excluding hydrogens is 542 g/mol. The SMILES string of the molecule is CN(C)S(=O)(=O)OC(=O)C(C)(C)OC(=O)c1cc(-n2c(=O)cc(C(F)(F)F)n(C)c2=O)c(F)cc1Cl. The van der Waals surface area contributed by atoms with Gasteiger partial charge in [-0.3, -0.25) is 9.36 Å². The van der Waals surface area contributed by atoms with Crippen LogP contribution in [-0.4, -0.2) is 53.5 Å². The van der Waals surface area contributed by atoms with Crippen LogP contribution in [0.3, 0.4) is 0 Å². The summed E-state index contributed by atoms with van der Waals surface area (Å²) in [5.74, 6) is -4.32. The number of aromatic nitrogens is 2. The first kappa shape index (κ1) is 29.0. The second-order valence-corrected chi connectivity index (χ2v) is 10.00. The smallest absolute Gasteiger partial charge is 0.431 e. The van der Waals surface area contributed by atoms with Gasteiger partial charge in [-0.15, -0.1) is 0 Å². The predicted octanol–water partition coefficient (Wildman–Crippen LogP) is 1.63. The fourth-order valence-electron chi connectivity index (χ4n) is 2.58. The first-order valence-electron chi connectivity index (χ1n) is 9.50. The number of rotatable bonds is 6. The summed E-state index contributed by atoms with van der Waals surface area (Å²) < 4.78 is 87.3. The molecule has 0 spiro atoms. The highest BCUT2D eigenvalue weighted by Gasteiger charge is 2.39.